The molecule has 0 radical (unpaired) electrons. The van der Waals surface area contributed by atoms with E-state index in [1.54, 1.807) is 28.6 Å². The van der Waals surface area contributed by atoms with E-state index in [4.69, 9.17) is 5.73 Å². The van der Waals surface area contributed by atoms with Crippen molar-refractivity contribution in [3.63, 3.8) is 0 Å². The fourth-order valence-electron chi connectivity index (χ4n) is 4.46. The Morgan fingerprint density at radius 1 is 0.926 bits per heavy atom. The lowest BCUT2D eigenvalue weighted by Crippen LogP contribution is -2.32. The van der Waals surface area contributed by atoms with Gasteiger partial charge < -0.3 is 5.73 Å². The van der Waals surface area contributed by atoms with Crippen LogP contribution < -0.4 is 10.0 Å². The van der Waals surface area contributed by atoms with E-state index in [0.717, 1.165) is 30.5 Å². The van der Waals surface area contributed by atoms with Crippen LogP contribution in [0.25, 0.3) is 0 Å². The Morgan fingerprint density at radius 2 is 1.74 bits per heavy atom. The molecular formula is C22H28N2O2S. The van der Waals surface area contributed by atoms with Crippen LogP contribution in [0.1, 0.15) is 62.0 Å². The molecule has 2 aromatic rings. The number of fused-ring (bicyclic) bond motifs is 1. The number of sulfonamides is 1. The molecule has 1 fully saturated rings. The molecule has 0 amide bonds. The van der Waals surface area contributed by atoms with Crippen LogP contribution >= 0.6 is 0 Å². The Morgan fingerprint density at radius 3 is 2.52 bits per heavy atom. The SMILES string of the molecule is Nc1cccc(S(=O)(=O)N2CCCCc3ccc(C4CCCCC4)cc32)c1. The van der Waals surface area contributed by atoms with Crippen molar-refractivity contribution in [3.8, 4) is 0 Å². The van der Waals surface area contributed by atoms with Crippen LogP contribution in [0.5, 0.6) is 0 Å². The molecule has 0 saturated heterocycles. The van der Waals surface area contributed by atoms with Crippen molar-refractivity contribution in [3.05, 3.63) is 53.6 Å². The molecule has 144 valence electrons. The van der Waals surface area contributed by atoms with E-state index < -0.39 is 10.0 Å². The first-order valence-electron chi connectivity index (χ1n) is 10.1. The largest absolute Gasteiger partial charge is 0.399 e. The molecule has 0 atom stereocenters. The number of nitrogen functional groups attached to an aromatic ring is 1. The van der Waals surface area contributed by atoms with E-state index in [-0.39, 0.29) is 4.90 Å². The molecule has 1 saturated carbocycles. The van der Waals surface area contributed by atoms with Gasteiger partial charge in [-0.3, -0.25) is 4.31 Å². The zero-order valence-corrected chi connectivity index (χ0v) is 16.5. The topological polar surface area (TPSA) is 63.4 Å². The maximum absolute atomic E-state index is 13.4. The maximum Gasteiger partial charge on any atom is 0.264 e. The van der Waals surface area contributed by atoms with Crippen molar-refractivity contribution in [2.24, 2.45) is 0 Å². The number of benzene rings is 2. The molecule has 2 aliphatic rings. The van der Waals surface area contributed by atoms with Crippen LogP contribution in [0.3, 0.4) is 0 Å². The monoisotopic (exact) mass is 384 g/mol. The summed E-state index contributed by atoms with van der Waals surface area (Å²) < 4.78 is 28.4. The fourth-order valence-corrected chi connectivity index (χ4v) is 6.05. The Labute approximate surface area is 162 Å². The lowest BCUT2D eigenvalue weighted by Gasteiger charge is -2.27. The van der Waals surface area contributed by atoms with E-state index in [0.29, 0.717) is 18.2 Å². The Hall–Kier alpha value is -2.01. The third-order valence-electron chi connectivity index (χ3n) is 5.96. The van der Waals surface area contributed by atoms with Gasteiger partial charge in [0, 0.05) is 12.2 Å². The van der Waals surface area contributed by atoms with Crippen molar-refractivity contribution >= 4 is 21.4 Å². The molecule has 4 rings (SSSR count). The minimum Gasteiger partial charge on any atom is -0.399 e. The molecule has 1 heterocycles. The van der Waals surface area contributed by atoms with E-state index >= 15 is 0 Å². The zero-order chi connectivity index (χ0) is 18.9. The van der Waals surface area contributed by atoms with Crippen molar-refractivity contribution in [1.29, 1.82) is 0 Å². The van der Waals surface area contributed by atoms with Crippen LogP contribution in [0, 0.1) is 0 Å². The molecule has 1 aliphatic carbocycles. The number of nitrogens with two attached hydrogens (primary N) is 1. The molecule has 2 N–H and O–H groups in total. The minimum absolute atomic E-state index is 0.276. The molecule has 0 unspecified atom stereocenters. The summed E-state index contributed by atoms with van der Waals surface area (Å²) in [7, 11) is -3.62. The maximum atomic E-state index is 13.4. The molecule has 4 nitrogen and oxygen atoms in total. The molecular weight excluding hydrogens is 356 g/mol. The predicted octanol–water partition coefficient (Wildman–Crippen LogP) is 4.85. The summed E-state index contributed by atoms with van der Waals surface area (Å²) in [6.07, 6.45) is 9.09. The lowest BCUT2D eigenvalue weighted by atomic mass is 9.83. The van der Waals surface area contributed by atoms with Gasteiger partial charge in [0.1, 0.15) is 0 Å². The molecule has 0 bridgehead atoms. The first kappa shape index (κ1) is 18.4. The molecule has 1 aliphatic heterocycles. The second kappa shape index (κ2) is 7.55. The smallest absolute Gasteiger partial charge is 0.264 e. The van der Waals surface area contributed by atoms with Gasteiger partial charge in [0.05, 0.1) is 10.6 Å². The van der Waals surface area contributed by atoms with E-state index in [9.17, 15) is 8.42 Å². The summed E-state index contributed by atoms with van der Waals surface area (Å²) in [6.45, 7) is 0.526. The number of anilines is 2. The molecule has 5 heteroatoms. The first-order chi connectivity index (χ1) is 13.1. The van der Waals surface area contributed by atoms with Gasteiger partial charge in [-0.2, -0.15) is 0 Å². The Kier molecular flexibility index (Phi) is 5.13. The number of nitrogens with zero attached hydrogens (tertiary/aromatic N) is 1. The molecule has 0 aromatic heterocycles. The summed E-state index contributed by atoms with van der Waals surface area (Å²) in [6, 6.07) is 13.2. The highest BCUT2D eigenvalue weighted by molar-refractivity contribution is 7.92. The second-order valence-corrected chi connectivity index (χ2v) is 9.69. The van der Waals surface area contributed by atoms with Gasteiger partial charge in [-0.15, -0.1) is 0 Å². The third kappa shape index (κ3) is 3.70. The standard InChI is InChI=1S/C22H28N2O2S/c23-20-10-6-11-21(16-20)27(25,26)24-14-5-4-9-18-12-13-19(15-22(18)24)17-7-2-1-3-8-17/h6,10-13,15-17H,1-5,7-9,14,23H2. The third-order valence-corrected chi connectivity index (χ3v) is 7.77. The van der Waals surface area contributed by atoms with Gasteiger partial charge in [-0.05, 0) is 73.4 Å². The lowest BCUT2D eigenvalue weighted by molar-refractivity contribution is 0.443. The Balaban J connectivity index is 1.76. The van der Waals surface area contributed by atoms with Crippen molar-refractivity contribution in [2.75, 3.05) is 16.6 Å². The highest BCUT2D eigenvalue weighted by atomic mass is 32.2. The van der Waals surface area contributed by atoms with Crippen LogP contribution in [-0.2, 0) is 16.4 Å². The second-order valence-electron chi connectivity index (χ2n) is 7.83. The zero-order valence-electron chi connectivity index (χ0n) is 15.7. The highest BCUT2D eigenvalue weighted by Gasteiger charge is 2.29. The number of aryl methyl sites for hydroxylation is 1. The minimum atomic E-state index is -3.62. The normalized spacial score (nSPS) is 18.7. The van der Waals surface area contributed by atoms with Crippen molar-refractivity contribution in [2.45, 2.75) is 62.2 Å². The predicted molar refractivity (Wildman–Crippen MR) is 111 cm³/mol. The van der Waals surface area contributed by atoms with E-state index in [2.05, 4.69) is 18.2 Å². The summed E-state index contributed by atoms with van der Waals surface area (Å²) >= 11 is 0. The van der Waals surface area contributed by atoms with Gasteiger partial charge in [0.25, 0.3) is 10.0 Å². The summed E-state index contributed by atoms with van der Waals surface area (Å²) in [5.41, 5.74) is 9.63. The average molecular weight is 385 g/mol. The quantitative estimate of drug-likeness (QED) is 0.770. The highest BCUT2D eigenvalue weighted by Crippen LogP contribution is 2.38. The van der Waals surface area contributed by atoms with Crippen molar-refractivity contribution < 1.29 is 8.42 Å². The average Bonchev–Trinajstić information content (AvgIpc) is 2.91. The molecule has 27 heavy (non-hydrogen) atoms. The van der Waals surface area contributed by atoms with Gasteiger partial charge in [0.2, 0.25) is 0 Å². The van der Waals surface area contributed by atoms with Gasteiger partial charge in [-0.1, -0.05) is 37.5 Å². The molecule has 2 aromatic carbocycles. The summed E-state index contributed by atoms with van der Waals surface area (Å²) in [4.78, 5) is 0.276. The van der Waals surface area contributed by atoms with Gasteiger partial charge in [-0.25, -0.2) is 8.42 Å². The summed E-state index contributed by atoms with van der Waals surface area (Å²) in [5, 5.41) is 0. The number of rotatable bonds is 3. The van der Waals surface area contributed by atoms with Gasteiger partial charge in [0.15, 0.2) is 0 Å². The van der Waals surface area contributed by atoms with Crippen LogP contribution in [-0.4, -0.2) is 15.0 Å². The van der Waals surface area contributed by atoms with E-state index in [1.165, 1.54) is 37.7 Å². The number of hydrogen-bond acceptors (Lipinski definition) is 3. The van der Waals surface area contributed by atoms with Crippen LogP contribution in [0.4, 0.5) is 11.4 Å². The van der Waals surface area contributed by atoms with Crippen LogP contribution in [0.2, 0.25) is 0 Å². The molecule has 0 spiro atoms. The van der Waals surface area contributed by atoms with Crippen molar-refractivity contribution in [1.82, 2.24) is 0 Å². The summed E-state index contributed by atoms with van der Waals surface area (Å²) in [5.74, 6) is 0.559. The van der Waals surface area contributed by atoms with E-state index in [1.807, 2.05) is 0 Å². The van der Waals surface area contributed by atoms with Gasteiger partial charge >= 0.3 is 0 Å². The first-order valence-corrected chi connectivity index (χ1v) is 11.5. The number of hydrogen-bond donors (Lipinski definition) is 1. The Bertz CT molecular complexity index is 918. The van der Waals surface area contributed by atoms with Crippen LogP contribution in [0.15, 0.2) is 47.4 Å². The fraction of sp³-hybridized carbons (Fsp3) is 0.455.